The van der Waals surface area contributed by atoms with E-state index >= 15 is 0 Å². The van der Waals surface area contributed by atoms with Crippen LogP contribution in [0.4, 0.5) is 17.1 Å². The Hall–Kier alpha value is -3.70. The molecular weight excluding hydrogens is 541 g/mol. The van der Waals surface area contributed by atoms with Crippen LogP contribution in [0.5, 0.6) is 11.5 Å². The van der Waals surface area contributed by atoms with Crippen molar-refractivity contribution in [2.75, 3.05) is 12.4 Å². The van der Waals surface area contributed by atoms with Gasteiger partial charge in [0.2, 0.25) is 0 Å². The molecule has 4 rings (SSSR count). The van der Waals surface area contributed by atoms with Gasteiger partial charge in [-0.2, -0.15) is 8.42 Å². The smallest absolute Gasteiger partial charge is 0.297 e. The molecule has 4 aromatic carbocycles. The molecule has 0 aliphatic rings. The molecule has 190 valence electrons. The predicted molar refractivity (Wildman–Crippen MR) is 142 cm³/mol. The van der Waals surface area contributed by atoms with E-state index in [1.807, 2.05) is 0 Å². The van der Waals surface area contributed by atoms with Gasteiger partial charge >= 0.3 is 0 Å². The van der Waals surface area contributed by atoms with Crippen molar-refractivity contribution in [2.24, 2.45) is 10.2 Å². The number of rotatable bonds is 6. The quantitative estimate of drug-likeness (QED) is 0.170. The number of anilines is 1. The van der Waals surface area contributed by atoms with Gasteiger partial charge in [-0.3, -0.25) is 9.35 Å². The van der Waals surface area contributed by atoms with E-state index in [0.29, 0.717) is 10.8 Å². The van der Waals surface area contributed by atoms with Crippen LogP contribution in [-0.2, 0) is 10.1 Å². The summed E-state index contributed by atoms with van der Waals surface area (Å²) in [5.41, 5.74) is -0.0537. The minimum absolute atomic E-state index is 0.0818. The molecule has 37 heavy (non-hydrogen) atoms. The van der Waals surface area contributed by atoms with E-state index in [-0.39, 0.29) is 44.0 Å². The third-order valence-corrected chi connectivity index (χ3v) is 7.23. The van der Waals surface area contributed by atoms with Crippen molar-refractivity contribution in [2.45, 2.75) is 11.8 Å². The summed E-state index contributed by atoms with van der Waals surface area (Å²) in [7, 11) is -3.29. The van der Waals surface area contributed by atoms with Gasteiger partial charge < -0.3 is 15.2 Å². The zero-order valence-electron chi connectivity index (χ0n) is 19.4. The standard InChI is InChI=1S/C25H19Cl2N3O6S/c1-13-17(26)10-11-20(24(13)37(33,34)35)29-30-21-15-7-4-3-6-14(15)12-16(22(21)31)25(32)28-19-9-5-8-18(27)23(19)36-2/h3-12,31H,1-2H3,(H,28,32)(H,33,34,35). The first-order valence-corrected chi connectivity index (χ1v) is 12.8. The molecule has 9 nitrogen and oxygen atoms in total. The number of carbonyl (C=O) groups is 1. The van der Waals surface area contributed by atoms with Crippen molar-refractivity contribution < 1.29 is 27.6 Å². The lowest BCUT2D eigenvalue weighted by Gasteiger charge is -2.14. The Labute approximate surface area is 222 Å². The van der Waals surface area contributed by atoms with Gasteiger partial charge in [-0.25, -0.2) is 0 Å². The Balaban J connectivity index is 1.85. The van der Waals surface area contributed by atoms with E-state index in [0.717, 1.165) is 0 Å². The normalized spacial score (nSPS) is 11.7. The number of phenols is 1. The molecule has 3 N–H and O–H groups in total. The lowest BCUT2D eigenvalue weighted by Crippen LogP contribution is -2.13. The molecule has 0 saturated carbocycles. The fourth-order valence-corrected chi connectivity index (χ4v) is 5.09. The fraction of sp³-hybridized carbons (Fsp3) is 0.0800. The molecule has 12 heteroatoms. The zero-order valence-corrected chi connectivity index (χ0v) is 21.7. The third-order valence-electron chi connectivity index (χ3n) is 5.49. The largest absolute Gasteiger partial charge is 0.505 e. The van der Waals surface area contributed by atoms with Crippen molar-refractivity contribution in [1.29, 1.82) is 0 Å². The lowest BCUT2D eigenvalue weighted by molar-refractivity contribution is 0.102. The lowest BCUT2D eigenvalue weighted by atomic mass is 10.0. The van der Waals surface area contributed by atoms with E-state index in [2.05, 4.69) is 15.5 Å². The van der Waals surface area contributed by atoms with Crippen LogP contribution < -0.4 is 10.1 Å². The highest BCUT2D eigenvalue weighted by Crippen LogP contribution is 2.41. The highest BCUT2D eigenvalue weighted by atomic mass is 35.5. The molecule has 0 heterocycles. The summed E-state index contributed by atoms with van der Waals surface area (Å²) in [6.07, 6.45) is 0. The minimum atomic E-state index is -4.70. The third kappa shape index (κ3) is 5.23. The number of methoxy groups -OCH3 is 1. The molecule has 0 unspecified atom stereocenters. The van der Waals surface area contributed by atoms with Crippen LogP contribution in [0.1, 0.15) is 15.9 Å². The number of nitrogens with zero attached hydrogens (tertiary/aromatic N) is 2. The summed E-state index contributed by atoms with van der Waals surface area (Å²) in [5.74, 6) is -0.935. The maximum atomic E-state index is 13.2. The van der Waals surface area contributed by atoms with Gasteiger partial charge in [-0.15, -0.1) is 10.2 Å². The Kier molecular flexibility index (Phi) is 7.37. The van der Waals surface area contributed by atoms with E-state index in [1.54, 1.807) is 42.5 Å². The number of azo groups is 1. The SMILES string of the molecule is COc1c(Cl)cccc1NC(=O)c1cc2ccccc2c(N=Nc2ccc(Cl)c(C)c2S(=O)(=O)O)c1O. The molecule has 0 aliphatic heterocycles. The molecule has 0 radical (unpaired) electrons. The predicted octanol–water partition coefficient (Wildman–Crippen LogP) is 7.08. The first-order chi connectivity index (χ1) is 17.5. The second kappa shape index (κ2) is 10.3. The van der Waals surface area contributed by atoms with Crippen molar-refractivity contribution in [1.82, 2.24) is 0 Å². The summed E-state index contributed by atoms with van der Waals surface area (Å²) in [5, 5.41) is 23.2. The van der Waals surface area contributed by atoms with Crippen LogP contribution in [0.15, 0.2) is 75.8 Å². The Bertz CT molecular complexity index is 1690. The number of hydrogen-bond acceptors (Lipinski definition) is 7. The molecule has 0 aliphatic carbocycles. The van der Waals surface area contributed by atoms with Crippen molar-refractivity contribution in [3.8, 4) is 11.5 Å². The Morgan fingerprint density at radius 1 is 1.00 bits per heavy atom. The first kappa shape index (κ1) is 26.4. The Morgan fingerprint density at radius 2 is 1.73 bits per heavy atom. The Morgan fingerprint density at radius 3 is 2.43 bits per heavy atom. The summed E-state index contributed by atoms with van der Waals surface area (Å²) in [6, 6.07) is 15.8. The maximum Gasteiger partial charge on any atom is 0.297 e. The van der Waals surface area contributed by atoms with Crippen LogP contribution in [0.2, 0.25) is 10.0 Å². The number of phenolic OH excluding ortho intramolecular Hbond substituents is 1. The van der Waals surface area contributed by atoms with Crippen LogP contribution in [0.25, 0.3) is 10.8 Å². The number of halogens is 2. The van der Waals surface area contributed by atoms with Gasteiger partial charge in [0.25, 0.3) is 16.0 Å². The molecule has 0 atom stereocenters. The number of amides is 1. The number of aromatic hydroxyl groups is 1. The molecule has 1 amide bonds. The fourth-order valence-electron chi connectivity index (χ4n) is 3.76. The second-order valence-electron chi connectivity index (χ2n) is 7.81. The van der Waals surface area contributed by atoms with Gasteiger partial charge in [0.15, 0.2) is 11.5 Å². The average Bonchev–Trinajstić information content (AvgIpc) is 2.84. The average molecular weight is 560 g/mol. The monoisotopic (exact) mass is 559 g/mol. The van der Waals surface area contributed by atoms with Gasteiger partial charge in [-0.05, 0) is 48.2 Å². The van der Waals surface area contributed by atoms with Gasteiger partial charge in [0.05, 0.1) is 23.4 Å². The van der Waals surface area contributed by atoms with Crippen LogP contribution in [0, 0.1) is 6.92 Å². The van der Waals surface area contributed by atoms with Crippen LogP contribution in [0.3, 0.4) is 0 Å². The first-order valence-electron chi connectivity index (χ1n) is 10.6. The topological polar surface area (TPSA) is 138 Å². The van der Waals surface area contributed by atoms with Gasteiger partial charge in [-0.1, -0.05) is 53.5 Å². The zero-order chi connectivity index (χ0) is 26.9. The molecule has 4 aromatic rings. The number of para-hydroxylation sites is 1. The van der Waals surface area contributed by atoms with E-state index in [4.69, 9.17) is 27.9 Å². The van der Waals surface area contributed by atoms with Crippen molar-refractivity contribution in [3.05, 3.63) is 81.8 Å². The van der Waals surface area contributed by atoms with Crippen LogP contribution in [-0.4, -0.2) is 31.1 Å². The molecule has 0 fully saturated rings. The minimum Gasteiger partial charge on any atom is -0.505 e. The second-order valence-corrected chi connectivity index (χ2v) is 9.99. The van der Waals surface area contributed by atoms with E-state index in [9.17, 15) is 22.9 Å². The highest BCUT2D eigenvalue weighted by Gasteiger charge is 2.23. The molecule has 0 spiro atoms. The van der Waals surface area contributed by atoms with Crippen LogP contribution >= 0.6 is 23.2 Å². The summed E-state index contributed by atoms with van der Waals surface area (Å²) in [4.78, 5) is 12.7. The van der Waals surface area contributed by atoms with Crippen molar-refractivity contribution >= 4 is 67.1 Å². The van der Waals surface area contributed by atoms with E-state index < -0.39 is 26.7 Å². The van der Waals surface area contributed by atoms with Gasteiger partial charge in [0.1, 0.15) is 16.3 Å². The number of fused-ring (bicyclic) bond motifs is 1. The number of carbonyl (C=O) groups excluding carboxylic acids is 1. The molecule has 0 bridgehead atoms. The number of nitrogens with one attached hydrogen (secondary N) is 1. The maximum absolute atomic E-state index is 13.2. The number of benzene rings is 4. The molecule has 0 aromatic heterocycles. The molecule has 0 saturated heterocycles. The highest BCUT2D eigenvalue weighted by molar-refractivity contribution is 7.86. The number of hydrogen-bond donors (Lipinski definition) is 3. The van der Waals surface area contributed by atoms with E-state index in [1.165, 1.54) is 32.2 Å². The molecular formula is C25H19Cl2N3O6S. The summed E-state index contributed by atoms with van der Waals surface area (Å²) < 4.78 is 38.9. The number of ether oxygens (including phenoxy) is 1. The summed E-state index contributed by atoms with van der Waals surface area (Å²) >= 11 is 12.2. The summed E-state index contributed by atoms with van der Waals surface area (Å²) in [6.45, 7) is 1.41. The van der Waals surface area contributed by atoms with Gasteiger partial charge in [0, 0.05) is 10.4 Å². The van der Waals surface area contributed by atoms with Crippen molar-refractivity contribution in [3.63, 3.8) is 0 Å².